The van der Waals surface area contributed by atoms with E-state index in [0.717, 1.165) is 5.56 Å². The van der Waals surface area contributed by atoms with E-state index in [2.05, 4.69) is 16.7 Å². The van der Waals surface area contributed by atoms with Crippen LogP contribution in [-0.4, -0.2) is 31.1 Å². The summed E-state index contributed by atoms with van der Waals surface area (Å²) >= 11 is 0. The fourth-order valence-corrected chi connectivity index (χ4v) is 2.46. The summed E-state index contributed by atoms with van der Waals surface area (Å²) in [7, 11) is 2.07. The van der Waals surface area contributed by atoms with Crippen LogP contribution in [0.3, 0.4) is 0 Å². The van der Waals surface area contributed by atoms with Crippen LogP contribution < -0.4 is 10.5 Å². The highest BCUT2D eigenvalue weighted by molar-refractivity contribution is 5.29. The van der Waals surface area contributed by atoms with Crippen molar-refractivity contribution >= 4 is 0 Å². The smallest absolute Gasteiger partial charge is 0.387 e. The molecule has 0 heterocycles. The predicted molar refractivity (Wildman–Crippen MR) is 70.3 cm³/mol. The van der Waals surface area contributed by atoms with Crippen molar-refractivity contribution < 1.29 is 13.5 Å². The van der Waals surface area contributed by atoms with Crippen molar-refractivity contribution in [2.24, 2.45) is 5.73 Å². The van der Waals surface area contributed by atoms with Gasteiger partial charge < -0.3 is 10.5 Å². The molecule has 0 radical (unpaired) electrons. The molecular weight excluding hydrogens is 250 g/mol. The van der Waals surface area contributed by atoms with Crippen LogP contribution in [0, 0.1) is 0 Å². The van der Waals surface area contributed by atoms with Crippen molar-refractivity contribution in [1.82, 2.24) is 4.90 Å². The number of benzene rings is 1. The van der Waals surface area contributed by atoms with Gasteiger partial charge >= 0.3 is 6.61 Å². The maximum absolute atomic E-state index is 12.1. The molecular formula is C14H20F2N2O. The number of alkyl halides is 2. The molecule has 5 heteroatoms. The fraction of sp³-hybridized carbons (Fsp3) is 0.571. The number of halogens is 2. The molecule has 1 atom stereocenters. The predicted octanol–water partition coefficient (Wildman–Crippen LogP) is 2.77. The standard InChI is InChI=1S/C14H20F2N2O/c1-18(11-3-2-4-11)13(9-17)10-5-7-12(8-6-10)19-14(15)16/h5-8,11,13-14H,2-4,9,17H2,1H3. The highest BCUT2D eigenvalue weighted by atomic mass is 19.3. The molecule has 1 fully saturated rings. The summed E-state index contributed by atoms with van der Waals surface area (Å²) < 4.78 is 28.5. The highest BCUT2D eigenvalue weighted by Crippen LogP contribution is 2.31. The van der Waals surface area contributed by atoms with Gasteiger partial charge in [0.15, 0.2) is 0 Å². The van der Waals surface area contributed by atoms with Crippen molar-refractivity contribution in [2.45, 2.75) is 38.0 Å². The van der Waals surface area contributed by atoms with Crippen molar-refractivity contribution in [2.75, 3.05) is 13.6 Å². The molecule has 1 unspecified atom stereocenters. The van der Waals surface area contributed by atoms with E-state index in [0.29, 0.717) is 12.6 Å². The van der Waals surface area contributed by atoms with E-state index >= 15 is 0 Å². The second-order valence-corrected chi connectivity index (χ2v) is 4.95. The summed E-state index contributed by atoms with van der Waals surface area (Å²) in [5.41, 5.74) is 6.89. The lowest BCUT2D eigenvalue weighted by atomic mass is 9.89. The lowest BCUT2D eigenvalue weighted by molar-refractivity contribution is -0.0498. The maximum Gasteiger partial charge on any atom is 0.387 e. The molecule has 1 aromatic rings. The van der Waals surface area contributed by atoms with Crippen LogP contribution in [0.1, 0.15) is 30.9 Å². The van der Waals surface area contributed by atoms with Crippen molar-refractivity contribution in [3.63, 3.8) is 0 Å². The first-order valence-electron chi connectivity index (χ1n) is 6.58. The molecule has 3 nitrogen and oxygen atoms in total. The summed E-state index contributed by atoms with van der Waals surface area (Å²) in [5.74, 6) is 0.181. The van der Waals surface area contributed by atoms with E-state index in [4.69, 9.17) is 5.73 Å². The van der Waals surface area contributed by atoms with Gasteiger partial charge in [-0.15, -0.1) is 0 Å². The summed E-state index contributed by atoms with van der Waals surface area (Å²) in [6.45, 7) is -2.27. The summed E-state index contributed by atoms with van der Waals surface area (Å²) in [5, 5.41) is 0. The Kier molecular flexibility index (Phi) is 4.71. The molecule has 0 bridgehead atoms. The Bertz CT molecular complexity index is 393. The summed E-state index contributed by atoms with van der Waals surface area (Å²) in [6, 6.07) is 7.48. The molecule has 19 heavy (non-hydrogen) atoms. The molecule has 0 spiro atoms. The highest BCUT2D eigenvalue weighted by Gasteiger charge is 2.27. The average Bonchev–Trinajstić information content (AvgIpc) is 2.29. The number of nitrogens with two attached hydrogens (primary N) is 1. The zero-order chi connectivity index (χ0) is 13.8. The third kappa shape index (κ3) is 3.42. The number of nitrogens with zero attached hydrogens (tertiary/aromatic N) is 1. The molecule has 2 rings (SSSR count). The Labute approximate surface area is 112 Å². The summed E-state index contributed by atoms with van der Waals surface area (Å²) in [4.78, 5) is 2.28. The van der Waals surface area contributed by atoms with E-state index in [1.807, 2.05) is 12.1 Å². The molecule has 2 N–H and O–H groups in total. The second-order valence-electron chi connectivity index (χ2n) is 4.95. The van der Waals surface area contributed by atoms with Crippen LogP contribution in [-0.2, 0) is 0 Å². The third-order valence-corrected chi connectivity index (χ3v) is 3.86. The molecule has 0 aromatic heterocycles. The number of likely N-dealkylation sites (N-methyl/N-ethyl adjacent to an activating group) is 1. The minimum atomic E-state index is -2.78. The number of rotatable bonds is 6. The quantitative estimate of drug-likeness (QED) is 0.864. The normalized spacial score (nSPS) is 17.6. The Morgan fingerprint density at radius 1 is 1.32 bits per heavy atom. The van der Waals surface area contributed by atoms with Gasteiger partial charge in [-0.3, -0.25) is 4.90 Å². The van der Waals surface area contributed by atoms with E-state index in [1.165, 1.54) is 19.3 Å². The first-order chi connectivity index (χ1) is 9.11. The molecule has 1 aromatic carbocycles. The van der Waals surface area contributed by atoms with E-state index in [1.54, 1.807) is 12.1 Å². The SMILES string of the molecule is CN(C1CCC1)C(CN)c1ccc(OC(F)F)cc1. The van der Waals surface area contributed by atoms with E-state index < -0.39 is 6.61 Å². The molecule has 0 aliphatic heterocycles. The van der Waals surface area contributed by atoms with Crippen LogP contribution in [0.4, 0.5) is 8.78 Å². The van der Waals surface area contributed by atoms with Crippen molar-refractivity contribution in [3.05, 3.63) is 29.8 Å². The monoisotopic (exact) mass is 270 g/mol. The largest absolute Gasteiger partial charge is 0.435 e. The van der Waals surface area contributed by atoms with Crippen LogP contribution in [0.25, 0.3) is 0 Å². The molecule has 1 aliphatic rings. The topological polar surface area (TPSA) is 38.5 Å². The Morgan fingerprint density at radius 2 is 1.95 bits per heavy atom. The van der Waals surface area contributed by atoms with Gasteiger partial charge in [0.25, 0.3) is 0 Å². The van der Waals surface area contributed by atoms with Crippen LogP contribution in [0.5, 0.6) is 5.75 Å². The molecule has 106 valence electrons. The Hall–Kier alpha value is -1.20. The molecule has 0 amide bonds. The molecule has 1 saturated carbocycles. The number of hydrogen-bond acceptors (Lipinski definition) is 3. The van der Waals surface area contributed by atoms with Gasteiger partial charge in [0, 0.05) is 18.6 Å². The van der Waals surface area contributed by atoms with Crippen molar-refractivity contribution in [1.29, 1.82) is 0 Å². The van der Waals surface area contributed by atoms with Crippen LogP contribution in [0.2, 0.25) is 0 Å². The van der Waals surface area contributed by atoms with Gasteiger partial charge in [0.2, 0.25) is 0 Å². The zero-order valence-electron chi connectivity index (χ0n) is 11.1. The minimum Gasteiger partial charge on any atom is -0.435 e. The third-order valence-electron chi connectivity index (χ3n) is 3.86. The van der Waals surface area contributed by atoms with Gasteiger partial charge in [0.05, 0.1) is 0 Å². The van der Waals surface area contributed by atoms with Gasteiger partial charge in [-0.1, -0.05) is 18.6 Å². The van der Waals surface area contributed by atoms with E-state index in [9.17, 15) is 8.78 Å². The fourth-order valence-electron chi connectivity index (χ4n) is 2.46. The van der Waals surface area contributed by atoms with Gasteiger partial charge in [-0.2, -0.15) is 8.78 Å². The minimum absolute atomic E-state index is 0.130. The van der Waals surface area contributed by atoms with Gasteiger partial charge in [-0.05, 0) is 37.6 Å². The first kappa shape index (κ1) is 14.2. The Balaban J connectivity index is 2.05. The van der Waals surface area contributed by atoms with Gasteiger partial charge in [0.1, 0.15) is 5.75 Å². The van der Waals surface area contributed by atoms with Crippen LogP contribution in [0.15, 0.2) is 24.3 Å². The molecule has 0 saturated heterocycles. The van der Waals surface area contributed by atoms with Crippen molar-refractivity contribution in [3.8, 4) is 5.75 Å². The lowest BCUT2D eigenvalue weighted by Crippen LogP contribution is -2.42. The van der Waals surface area contributed by atoms with Gasteiger partial charge in [-0.25, -0.2) is 0 Å². The maximum atomic E-state index is 12.1. The Morgan fingerprint density at radius 3 is 2.37 bits per heavy atom. The summed E-state index contributed by atoms with van der Waals surface area (Å²) in [6.07, 6.45) is 3.69. The van der Waals surface area contributed by atoms with E-state index in [-0.39, 0.29) is 11.8 Å². The second kappa shape index (κ2) is 6.30. The molecule has 1 aliphatic carbocycles. The number of hydrogen-bond donors (Lipinski definition) is 1. The number of ether oxygens (including phenoxy) is 1. The zero-order valence-corrected chi connectivity index (χ0v) is 11.1. The average molecular weight is 270 g/mol. The lowest BCUT2D eigenvalue weighted by Gasteiger charge is -2.39. The first-order valence-corrected chi connectivity index (χ1v) is 6.58. The van der Waals surface area contributed by atoms with Crippen LogP contribution >= 0.6 is 0 Å².